The number of carbonyl (C=O) groups is 1. The van der Waals surface area contributed by atoms with Gasteiger partial charge in [0.2, 0.25) is 0 Å². The Morgan fingerprint density at radius 2 is 2.12 bits per heavy atom. The van der Waals surface area contributed by atoms with Crippen molar-refractivity contribution in [3.8, 4) is 0 Å². The van der Waals surface area contributed by atoms with Gasteiger partial charge in [0.05, 0.1) is 0 Å². The van der Waals surface area contributed by atoms with Crippen LogP contribution in [0.2, 0.25) is 0 Å². The summed E-state index contributed by atoms with van der Waals surface area (Å²) in [7, 11) is 0. The third kappa shape index (κ3) is 2.49. The van der Waals surface area contributed by atoms with Crippen LogP contribution in [0.4, 0.5) is 5.69 Å². The monoisotopic (exact) mass is 216 g/mol. The highest BCUT2D eigenvalue weighted by molar-refractivity contribution is 6.04. The van der Waals surface area contributed by atoms with Crippen LogP contribution < -0.4 is 5.32 Å². The van der Waals surface area contributed by atoms with Gasteiger partial charge < -0.3 is 5.32 Å². The van der Waals surface area contributed by atoms with E-state index in [1.165, 1.54) is 0 Å². The van der Waals surface area contributed by atoms with E-state index in [1.807, 2.05) is 36.4 Å². The van der Waals surface area contributed by atoms with Gasteiger partial charge in [0, 0.05) is 24.4 Å². The number of likely N-dealkylation sites (N-methyl/N-ethyl adjacent to an activating group) is 1. The fraction of sp³-hybridized carbons (Fsp3) is 0.308. The molecule has 1 aliphatic heterocycles. The molecule has 0 spiro atoms. The molecule has 1 amide bonds. The number of hydrogen-bond acceptors (Lipinski definition) is 2. The van der Waals surface area contributed by atoms with Gasteiger partial charge in [-0.15, -0.1) is 0 Å². The maximum atomic E-state index is 11.9. The lowest BCUT2D eigenvalue weighted by Crippen LogP contribution is -2.23. The van der Waals surface area contributed by atoms with Gasteiger partial charge in [-0.2, -0.15) is 0 Å². The van der Waals surface area contributed by atoms with Crippen molar-refractivity contribution < 1.29 is 4.79 Å². The number of nitrogens with one attached hydrogen (secondary N) is 1. The number of hydrogen-bond donors (Lipinski definition) is 1. The van der Waals surface area contributed by atoms with Crippen LogP contribution in [0.5, 0.6) is 0 Å². The fourth-order valence-electron chi connectivity index (χ4n) is 1.75. The molecule has 0 fully saturated rings. The first kappa shape index (κ1) is 10.9. The Balaban J connectivity index is 1.95. The Labute approximate surface area is 95.8 Å². The Hall–Kier alpha value is -1.61. The second-order valence-electron chi connectivity index (χ2n) is 3.88. The molecule has 2 rings (SSSR count). The van der Waals surface area contributed by atoms with E-state index >= 15 is 0 Å². The number of nitrogens with zero attached hydrogens (tertiary/aromatic N) is 1. The predicted molar refractivity (Wildman–Crippen MR) is 65.3 cm³/mol. The van der Waals surface area contributed by atoms with Gasteiger partial charge >= 0.3 is 0 Å². The van der Waals surface area contributed by atoms with Gasteiger partial charge in [0.1, 0.15) is 0 Å². The molecule has 3 nitrogen and oxygen atoms in total. The molecule has 1 aliphatic rings. The van der Waals surface area contributed by atoms with E-state index < -0.39 is 0 Å². The first-order chi connectivity index (χ1) is 7.79. The summed E-state index contributed by atoms with van der Waals surface area (Å²) < 4.78 is 0. The van der Waals surface area contributed by atoms with Crippen LogP contribution >= 0.6 is 0 Å². The van der Waals surface area contributed by atoms with E-state index in [0.717, 1.165) is 30.9 Å². The largest absolute Gasteiger partial charge is 0.322 e. The molecule has 0 saturated carbocycles. The van der Waals surface area contributed by atoms with Gasteiger partial charge in [-0.05, 0) is 18.7 Å². The second kappa shape index (κ2) is 4.94. The topological polar surface area (TPSA) is 32.3 Å². The van der Waals surface area contributed by atoms with Gasteiger partial charge in [-0.1, -0.05) is 31.2 Å². The van der Waals surface area contributed by atoms with Crippen LogP contribution in [-0.4, -0.2) is 30.4 Å². The number of anilines is 1. The van der Waals surface area contributed by atoms with Gasteiger partial charge in [-0.25, -0.2) is 0 Å². The summed E-state index contributed by atoms with van der Waals surface area (Å²) in [6, 6.07) is 9.55. The van der Waals surface area contributed by atoms with Crippen LogP contribution in [0.3, 0.4) is 0 Å². The molecule has 0 unspecified atom stereocenters. The summed E-state index contributed by atoms with van der Waals surface area (Å²) in [5.41, 5.74) is 1.72. The molecule has 0 bridgehead atoms. The summed E-state index contributed by atoms with van der Waals surface area (Å²) in [6.45, 7) is 4.73. The summed E-state index contributed by atoms with van der Waals surface area (Å²) in [6.07, 6.45) is 2.00. The molecule has 0 aromatic heterocycles. The molecular weight excluding hydrogens is 200 g/mol. The Morgan fingerprint density at radius 1 is 1.38 bits per heavy atom. The number of benzene rings is 1. The van der Waals surface area contributed by atoms with Gasteiger partial charge in [0.25, 0.3) is 5.91 Å². The quantitative estimate of drug-likeness (QED) is 0.836. The molecule has 84 valence electrons. The summed E-state index contributed by atoms with van der Waals surface area (Å²) >= 11 is 0. The molecule has 0 atom stereocenters. The van der Waals surface area contributed by atoms with E-state index in [-0.39, 0.29) is 5.91 Å². The van der Waals surface area contributed by atoms with Gasteiger partial charge in [0.15, 0.2) is 0 Å². The fourth-order valence-corrected chi connectivity index (χ4v) is 1.75. The maximum absolute atomic E-state index is 11.9. The van der Waals surface area contributed by atoms with Crippen molar-refractivity contribution in [3.63, 3.8) is 0 Å². The summed E-state index contributed by atoms with van der Waals surface area (Å²) in [5, 5.41) is 2.89. The van der Waals surface area contributed by atoms with E-state index in [1.54, 1.807) is 0 Å². The lowest BCUT2D eigenvalue weighted by molar-refractivity contribution is -0.112. The zero-order valence-electron chi connectivity index (χ0n) is 9.44. The smallest absolute Gasteiger partial charge is 0.252 e. The van der Waals surface area contributed by atoms with Crippen molar-refractivity contribution in [1.29, 1.82) is 0 Å². The molecule has 1 aromatic rings. The highest BCUT2D eigenvalue weighted by atomic mass is 16.1. The zero-order chi connectivity index (χ0) is 11.4. The lowest BCUT2D eigenvalue weighted by atomic mass is 10.2. The number of carbonyl (C=O) groups excluding carboxylic acids is 1. The molecule has 0 aliphatic carbocycles. The molecule has 3 heteroatoms. The molecule has 1 aromatic carbocycles. The maximum Gasteiger partial charge on any atom is 0.252 e. The van der Waals surface area contributed by atoms with E-state index in [0.29, 0.717) is 0 Å². The SMILES string of the molecule is CCN1CC=C(C(=O)Nc2ccccc2)C1. The predicted octanol–water partition coefficient (Wildman–Crippen LogP) is 1.89. The van der Waals surface area contributed by atoms with Crippen molar-refractivity contribution >= 4 is 11.6 Å². The number of para-hydroxylation sites is 1. The Kier molecular flexibility index (Phi) is 3.37. The molecule has 1 N–H and O–H groups in total. The number of amides is 1. The Bertz CT molecular complexity index is 398. The van der Waals surface area contributed by atoms with Crippen LogP contribution in [0.1, 0.15) is 6.92 Å². The van der Waals surface area contributed by atoms with E-state index in [4.69, 9.17) is 0 Å². The standard InChI is InChI=1S/C13H16N2O/c1-2-15-9-8-11(10-15)13(16)14-12-6-4-3-5-7-12/h3-8H,2,9-10H2,1H3,(H,14,16). The first-order valence-electron chi connectivity index (χ1n) is 5.57. The number of rotatable bonds is 3. The lowest BCUT2D eigenvalue weighted by Gasteiger charge is -2.12. The van der Waals surface area contributed by atoms with E-state index in [9.17, 15) is 4.79 Å². The minimum Gasteiger partial charge on any atom is -0.322 e. The molecule has 1 heterocycles. The van der Waals surface area contributed by atoms with Crippen LogP contribution in [-0.2, 0) is 4.79 Å². The van der Waals surface area contributed by atoms with Crippen molar-refractivity contribution in [2.75, 3.05) is 25.0 Å². The molecule has 0 radical (unpaired) electrons. The normalized spacial score (nSPS) is 15.9. The van der Waals surface area contributed by atoms with Crippen LogP contribution in [0.25, 0.3) is 0 Å². The molecular formula is C13H16N2O. The van der Waals surface area contributed by atoms with Crippen molar-refractivity contribution in [2.24, 2.45) is 0 Å². The molecule has 16 heavy (non-hydrogen) atoms. The minimum absolute atomic E-state index is 0.0159. The van der Waals surface area contributed by atoms with Crippen LogP contribution in [0.15, 0.2) is 42.0 Å². The summed E-state index contributed by atoms with van der Waals surface area (Å²) in [5.74, 6) is 0.0159. The van der Waals surface area contributed by atoms with Gasteiger partial charge in [-0.3, -0.25) is 9.69 Å². The summed E-state index contributed by atoms with van der Waals surface area (Å²) in [4.78, 5) is 14.1. The van der Waals surface area contributed by atoms with E-state index in [2.05, 4.69) is 17.1 Å². The van der Waals surface area contributed by atoms with Crippen molar-refractivity contribution in [3.05, 3.63) is 42.0 Å². The molecule has 0 saturated heterocycles. The zero-order valence-corrected chi connectivity index (χ0v) is 9.44. The van der Waals surface area contributed by atoms with Crippen molar-refractivity contribution in [1.82, 2.24) is 4.90 Å². The first-order valence-corrected chi connectivity index (χ1v) is 5.57. The Morgan fingerprint density at radius 3 is 2.75 bits per heavy atom. The third-order valence-electron chi connectivity index (χ3n) is 2.76. The third-order valence-corrected chi connectivity index (χ3v) is 2.76. The highest BCUT2D eigenvalue weighted by Gasteiger charge is 2.18. The minimum atomic E-state index is 0.0159. The van der Waals surface area contributed by atoms with Crippen molar-refractivity contribution in [2.45, 2.75) is 6.92 Å². The average molecular weight is 216 g/mol. The average Bonchev–Trinajstić information content (AvgIpc) is 2.79. The van der Waals surface area contributed by atoms with Crippen LogP contribution in [0, 0.1) is 0 Å². The highest BCUT2D eigenvalue weighted by Crippen LogP contribution is 2.12. The second-order valence-corrected chi connectivity index (χ2v) is 3.88.